The van der Waals surface area contributed by atoms with E-state index in [9.17, 15) is 9.59 Å². The second-order valence-electron chi connectivity index (χ2n) is 7.08. The van der Waals surface area contributed by atoms with Crippen molar-refractivity contribution in [2.75, 3.05) is 32.8 Å². The Morgan fingerprint density at radius 1 is 1.20 bits per heavy atom. The van der Waals surface area contributed by atoms with Gasteiger partial charge in [-0.15, -0.1) is 0 Å². The number of rotatable bonds is 6. The van der Waals surface area contributed by atoms with Gasteiger partial charge >= 0.3 is 5.97 Å². The first-order valence-electron chi connectivity index (χ1n) is 9.43. The van der Waals surface area contributed by atoms with E-state index in [-0.39, 0.29) is 18.3 Å². The highest BCUT2D eigenvalue weighted by molar-refractivity contribution is 5.92. The first kappa shape index (κ1) is 18.0. The van der Waals surface area contributed by atoms with Crippen molar-refractivity contribution in [1.29, 1.82) is 0 Å². The zero-order valence-corrected chi connectivity index (χ0v) is 15.4. The van der Waals surface area contributed by atoms with Crippen molar-refractivity contribution in [1.82, 2.24) is 14.4 Å². The fourth-order valence-electron chi connectivity index (χ4n) is 4.04. The molecule has 1 aromatic heterocycles. The summed E-state index contributed by atoms with van der Waals surface area (Å²) in [7, 11) is 1.87. The summed E-state index contributed by atoms with van der Waals surface area (Å²) in [5.74, 6) is -0.227. The molecule has 2 fully saturated rings. The Morgan fingerprint density at radius 3 is 2.68 bits per heavy atom. The van der Waals surface area contributed by atoms with E-state index in [0.29, 0.717) is 18.2 Å². The van der Waals surface area contributed by atoms with E-state index in [1.54, 1.807) is 13.0 Å². The molecule has 0 radical (unpaired) electrons. The number of likely N-dealkylation sites (tertiary alicyclic amines) is 2. The molecule has 1 aromatic rings. The molecule has 25 heavy (non-hydrogen) atoms. The van der Waals surface area contributed by atoms with Gasteiger partial charge in [0.1, 0.15) is 0 Å². The van der Waals surface area contributed by atoms with Crippen molar-refractivity contribution < 1.29 is 14.3 Å². The summed E-state index contributed by atoms with van der Waals surface area (Å²) in [5.41, 5.74) is 1.25. The number of esters is 1. The Balaban J connectivity index is 1.67. The lowest BCUT2D eigenvalue weighted by atomic mass is 10.1. The predicted octanol–water partition coefficient (Wildman–Crippen LogP) is 1.83. The molecule has 1 amide bonds. The molecule has 2 aliphatic heterocycles. The molecule has 0 spiro atoms. The summed E-state index contributed by atoms with van der Waals surface area (Å²) < 4.78 is 6.97. The minimum atomic E-state index is -0.346. The van der Waals surface area contributed by atoms with Crippen LogP contribution in [0.15, 0.2) is 12.3 Å². The van der Waals surface area contributed by atoms with Crippen LogP contribution in [0.25, 0.3) is 0 Å². The molecule has 6 nitrogen and oxygen atoms in total. The largest absolute Gasteiger partial charge is 0.462 e. The van der Waals surface area contributed by atoms with Crippen molar-refractivity contribution >= 4 is 11.9 Å². The molecule has 2 saturated heterocycles. The van der Waals surface area contributed by atoms with Crippen molar-refractivity contribution in [2.45, 2.75) is 45.1 Å². The molecule has 0 bridgehead atoms. The molecule has 138 valence electrons. The van der Waals surface area contributed by atoms with E-state index in [2.05, 4.69) is 4.90 Å². The van der Waals surface area contributed by atoms with E-state index in [1.165, 1.54) is 12.8 Å². The van der Waals surface area contributed by atoms with Crippen molar-refractivity contribution in [2.24, 2.45) is 7.05 Å². The number of carbonyl (C=O) groups is 2. The Bertz CT molecular complexity index is 619. The highest BCUT2D eigenvalue weighted by Crippen LogP contribution is 2.22. The number of hydrogen-bond acceptors (Lipinski definition) is 4. The van der Waals surface area contributed by atoms with E-state index < -0.39 is 0 Å². The topological polar surface area (TPSA) is 54.8 Å². The molecule has 0 N–H and O–H groups in total. The van der Waals surface area contributed by atoms with Crippen LogP contribution in [-0.2, 0) is 23.0 Å². The maximum absolute atomic E-state index is 12.9. The quantitative estimate of drug-likeness (QED) is 0.737. The van der Waals surface area contributed by atoms with Gasteiger partial charge in [0, 0.05) is 38.1 Å². The van der Waals surface area contributed by atoms with Gasteiger partial charge in [-0.05, 0) is 51.8 Å². The van der Waals surface area contributed by atoms with Crippen LogP contribution in [0.3, 0.4) is 0 Å². The molecule has 0 aromatic carbocycles. The highest BCUT2D eigenvalue weighted by Gasteiger charge is 2.31. The SMILES string of the molecule is CCOC(=O)c1ccn(C)c1CC(=O)N1CCCC1CN1CCCC1. The average molecular weight is 347 g/mol. The molecular weight excluding hydrogens is 318 g/mol. The lowest BCUT2D eigenvalue weighted by Gasteiger charge is -2.28. The second-order valence-corrected chi connectivity index (χ2v) is 7.08. The lowest BCUT2D eigenvalue weighted by Crippen LogP contribution is -2.43. The molecule has 3 rings (SSSR count). The normalized spacial score (nSPS) is 21.0. The van der Waals surface area contributed by atoms with Crippen LogP contribution in [0.4, 0.5) is 0 Å². The monoisotopic (exact) mass is 347 g/mol. The van der Waals surface area contributed by atoms with Gasteiger partial charge in [-0.1, -0.05) is 0 Å². The first-order chi connectivity index (χ1) is 12.1. The fourth-order valence-corrected chi connectivity index (χ4v) is 4.04. The van der Waals surface area contributed by atoms with E-state index in [0.717, 1.165) is 44.7 Å². The Hall–Kier alpha value is -1.82. The molecule has 1 unspecified atom stereocenters. The number of carbonyl (C=O) groups excluding carboxylic acids is 2. The molecular formula is C19H29N3O3. The minimum Gasteiger partial charge on any atom is -0.462 e. The third-order valence-corrected chi connectivity index (χ3v) is 5.38. The second kappa shape index (κ2) is 8.04. The van der Waals surface area contributed by atoms with Gasteiger partial charge in [-0.25, -0.2) is 4.79 Å². The molecule has 0 aliphatic carbocycles. The standard InChI is InChI=1S/C19H29N3O3/c1-3-25-19(24)16-8-12-20(2)17(16)13-18(23)22-11-6-7-15(22)14-21-9-4-5-10-21/h8,12,15H,3-7,9-11,13-14H2,1-2H3. The Kier molecular flexibility index (Phi) is 5.78. The third kappa shape index (κ3) is 4.06. The lowest BCUT2D eigenvalue weighted by molar-refractivity contribution is -0.131. The van der Waals surface area contributed by atoms with E-state index in [1.807, 2.05) is 22.7 Å². The van der Waals surface area contributed by atoms with E-state index >= 15 is 0 Å². The van der Waals surface area contributed by atoms with Gasteiger partial charge in [0.25, 0.3) is 0 Å². The zero-order valence-electron chi connectivity index (χ0n) is 15.4. The zero-order chi connectivity index (χ0) is 17.8. The summed E-state index contributed by atoms with van der Waals surface area (Å²) in [6, 6.07) is 2.06. The average Bonchev–Trinajstić information content (AvgIpc) is 3.31. The molecule has 6 heteroatoms. The highest BCUT2D eigenvalue weighted by atomic mass is 16.5. The number of aryl methyl sites for hydroxylation is 1. The van der Waals surface area contributed by atoms with Crippen LogP contribution in [-0.4, -0.2) is 65.1 Å². The van der Waals surface area contributed by atoms with Gasteiger partial charge < -0.3 is 19.1 Å². The summed E-state index contributed by atoms with van der Waals surface area (Å²) >= 11 is 0. The van der Waals surface area contributed by atoms with Crippen LogP contribution in [0, 0.1) is 0 Å². The van der Waals surface area contributed by atoms with Crippen LogP contribution >= 0.6 is 0 Å². The maximum atomic E-state index is 12.9. The van der Waals surface area contributed by atoms with Crippen molar-refractivity contribution in [3.63, 3.8) is 0 Å². The smallest absolute Gasteiger partial charge is 0.339 e. The number of ether oxygens (including phenoxy) is 1. The summed E-state index contributed by atoms with van der Waals surface area (Å²) in [5, 5.41) is 0. The Labute approximate surface area is 149 Å². The van der Waals surface area contributed by atoms with Crippen LogP contribution in [0.1, 0.15) is 48.7 Å². The first-order valence-corrected chi connectivity index (χ1v) is 9.43. The van der Waals surface area contributed by atoms with Gasteiger partial charge in [0.15, 0.2) is 0 Å². The molecule has 3 heterocycles. The maximum Gasteiger partial charge on any atom is 0.339 e. The number of amides is 1. The van der Waals surface area contributed by atoms with Crippen molar-refractivity contribution in [3.05, 3.63) is 23.5 Å². The predicted molar refractivity (Wildman–Crippen MR) is 95.5 cm³/mol. The number of aromatic nitrogens is 1. The third-order valence-electron chi connectivity index (χ3n) is 5.38. The van der Waals surface area contributed by atoms with Crippen LogP contribution in [0.5, 0.6) is 0 Å². The van der Waals surface area contributed by atoms with E-state index in [4.69, 9.17) is 4.74 Å². The van der Waals surface area contributed by atoms with Crippen LogP contribution < -0.4 is 0 Å². The molecule has 1 atom stereocenters. The van der Waals surface area contributed by atoms with Gasteiger partial charge in [-0.3, -0.25) is 4.79 Å². The minimum absolute atomic E-state index is 0.119. The molecule has 0 saturated carbocycles. The summed E-state index contributed by atoms with van der Waals surface area (Å²) in [6.07, 6.45) is 6.77. The summed E-state index contributed by atoms with van der Waals surface area (Å²) in [6.45, 7) is 6.26. The van der Waals surface area contributed by atoms with Gasteiger partial charge in [0.2, 0.25) is 5.91 Å². The Morgan fingerprint density at radius 2 is 1.96 bits per heavy atom. The molecule has 2 aliphatic rings. The van der Waals surface area contributed by atoms with Crippen LogP contribution in [0.2, 0.25) is 0 Å². The van der Waals surface area contributed by atoms with Gasteiger partial charge in [-0.2, -0.15) is 0 Å². The van der Waals surface area contributed by atoms with Crippen molar-refractivity contribution in [3.8, 4) is 0 Å². The number of nitrogens with zero attached hydrogens (tertiary/aromatic N) is 3. The summed E-state index contributed by atoms with van der Waals surface area (Å²) in [4.78, 5) is 29.5. The fraction of sp³-hybridized carbons (Fsp3) is 0.684. The number of hydrogen-bond donors (Lipinski definition) is 0. The van der Waals surface area contributed by atoms with Gasteiger partial charge in [0.05, 0.1) is 18.6 Å².